The molecule has 1 aromatic carbocycles. The molecule has 0 spiro atoms. The van der Waals surface area contributed by atoms with Crippen molar-refractivity contribution in [2.45, 2.75) is 32.9 Å². The van der Waals surface area contributed by atoms with Gasteiger partial charge in [-0.1, -0.05) is 41.3 Å². The highest BCUT2D eigenvalue weighted by molar-refractivity contribution is 6.69. The lowest BCUT2D eigenvalue weighted by Crippen LogP contribution is -2.36. The summed E-state index contributed by atoms with van der Waals surface area (Å²) in [6.07, 6.45) is -0.353. The van der Waals surface area contributed by atoms with Crippen molar-refractivity contribution in [3.05, 3.63) is 33.8 Å². The fourth-order valence-corrected chi connectivity index (χ4v) is 3.44. The van der Waals surface area contributed by atoms with Gasteiger partial charge in [0, 0.05) is 5.56 Å². The number of hydrogen-bond donors (Lipinski definition) is 0. The van der Waals surface area contributed by atoms with Gasteiger partial charge in [-0.2, -0.15) is 0 Å². The quantitative estimate of drug-likeness (QED) is 0.766. The van der Waals surface area contributed by atoms with Gasteiger partial charge in [0.05, 0.1) is 21.7 Å². The van der Waals surface area contributed by atoms with Crippen LogP contribution < -0.4 is 0 Å². The van der Waals surface area contributed by atoms with Crippen LogP contribution in [0.4, 0.5) is 0 Å². The predicted octanol–water partition coefficient (Wildman–Crippen LogP) is 4.54. The molecule has 6 heteroatoms. The Labute approximate surface area is 124 Å². The molecule has 1 aromatic rings. The third kappa shape index (κ3) is 3.31. The van der Waals surface area contributed by atoms with Crippen LogP contribution in [0.25, 0.3) is 0 Å². The normalized spacial score (nSPS) is 23.2. The molecule has 0 fully saturated rings. The topological polar surface area (TPSA) is 30.8 Å². The molecule has 3 nitrogen and oxygen atoms in total. The zero-order chi connectivity index (χ0) is 14.2. The Morgan fingerprint density at radius 3 is 2.32 bits per heavy atom. The second-order valence-corrected chi connectivity index (χ2v) is 10.8. The van der Waals surface area contributed by atoms with Gasteiger partial charge in [0.2, 0.25) is 6.29 Å². The van der Waals surface area contributed by atoms with Crippen molar-refractivity contribution >= 4 is 37.2 Å². The summed E-state index contributed by atoms with van der Waals surface area (Å²) in [5, 5.41) is 5.28. The molecular weight excluding hydrogens is 301 g/mol. The Bertz CT molecular complexity index is 494. The summed E-state index contributed by atoms with van der Waals surface area (Å²) in [5.74, 6) is 0.00382. The highest BCUT2D eigenvalue weighted by Crippen LogP contribution is 2.33. The summed E-state index contributed by atoms with van der Waals surface area (Å²) in [6.45, 7) is 8.35. The minimum atomic E-state index is -1.69. The molecule has 0 radical (unpaired) electrons. The molecular formula is C13H17Cl2NO2Si. The average Bonchev–Trinajstić information content (AvgIpc) is 2.59. The van der Waals surface area contributed by atoms with Gasteiger partial charge in [-0.15, -0.1) is 0 Å². The Kier molecular flexibility index (Phi) is 4.25. The number of halogens is 2. The Balaban J connectivity index is 2.25. The van der Waals surface area contributed by atoms with E-state index in [2.05, 4.69) is 24.8 Å². The van der Waals surface area contributed by atoms with E-state index in [1.807, 2.05) is 13.0 Å². The molecule has 0 aliphatic carbocycles. The average molecular weight is 318 g/mol. The van der Waals surface area contributed by atoms with E-state index in [4.69, 9.17) is 32.5 Å². The maximum absolute atomic E-state index is 6.20. The lowest BCUT2D eigenvalue weighted by Gasteiger charge is -2.24. The predicted molar refractivity (Wildman–Crippen MR) is 81.5 cm³/mol. The highest BCUT2D eigenvalue weighted by atomic mass is 35.5. The van der Waals surface area contributed by atoms with E-state index < -0.39 is 8.32 Å². The Hall–Kier alpha value is -0.553. The number of rotatable bonds is 3. The maximum atomic E-state index is 6.20. The van der Waals surface area contributed by atoms with Gasteiger partial charge in [-0.3, -0.25) is 0 Å². The van der Waals surface area contributed by atoms with E-state index in [0.29, 0.717) is 10.0 Å². The van der Waals surface area contributed by atoms with E-state index in [0.717, 1.165) is 11.3 Å². The van der Waals surface area contributed by atoms with E-state index in [-0.39, 0.29) is 12.2 Å². The molecule has 0 N–H and O–H groups in total. The van der Waals surface area contributed by atoms with Gasteiger partial charge in [0.25, 0.3) is 0 Å². The molecule has 2 atom stereocenters. The summed E-state index contributed by atoms with van der Waals surface area (Å²) >= 11 is 12.4. The molecule has 1 heterocycles. The zero-order valence-electron chi connectivity index (χ0n) is 11.4. The van der Waals surface area contributed by atoms with Crippen molar-refractivity contribution in [3.63, 3.8) is 0 Å². The van der Waals surface area contributed by atoms with Gasteiger partial charge in [0.15, 0.2) is 8.32 Å². The third-order valence-corrected chi connectivity index (χ3v) is 4.35. The van der Waals surface area contributed by atoms with Gasteiger partial charge in [-0.05, 0) is 31.8 Å². The number of benzene rings is 1. The Morgan fingerprint density at radius 1 is 1.21 bits per heavy atom. The molecule has 2 rings (SSSR count). The molecule has 1 aliphatic heterocycles. The second-order valence-electron chi connectivity index (χ2n) is 5.57. The van der Waals surface area contributed by atoms with Crippen LogP contribution in [0.15, 0.2) is 23.4 Å². The first-order valence-corrected chi connectivity index (χ1v) is 10.3. The van der Waals surface area contributed by atoms with Crippen LogP contribution in [0.2, 0.25) is 29.7 Å². The van der Waals surface area contributed by atoms with E-state index >= 15 is 0 Å². The van der Waals surface area contributed by atoms with Crippen molar-refractivity contribution in [3.8, 4) is 0 Å². The molecule has 0 amide bonds. The van der Waals surface area contributed by atoms with Crippen molar-refractivity contribution in [1.82, 2.24) is 0 Å². The molecule has 1 aliphatic rings. The lowest BCUT2D eigenvalue weighted by molar-refractivity contribution is -0.0823. The number of nitrogens with zero attached hydrogens (tertiary/aromatic N) is 1. The fourth-order valence-electron chi connectivity index (χ4n) is 1.90. The minimum absolute atomic E-state index is 0.00382. The van der Waals surface area contributed by atoms with E-state index in [1.165, 1.54) is 0 Å². The van der Waals surface area contributed by atoms with Crippen molar-refractivity contribution < 1.29 is 9.26 Å². The molecule has 104 valence electrons. The minimum Gasteiger partial charge on any atom is -0.382 e. The second kappa shape index (κ2) is 5.44. The first-order valence-electron chi connectivity index (χ1n) is 6.15. The van der Waals surface area contributed by atoms with Crippen molar-refractivity contribution in [2.24, 2.45) is 11.1 Å². The van der Waals surface area contributed by atoms with Crippen molar-refractivity contribution in [1.29, 1.82) is 0 Å². The first-order chi connectivity index (χ1) is 8.79. The molecule has 19 heavy (non-hydrogen) atoms. The third-order valence-electron chi connectivity index (χ3n) is 2.78. The standard InChI is InChI=1S/C13H17Cl2NO2Si/c1-8-12(11-9(14)6-5-7-10(11)15)16-17-13(8)18-19(2,3)4/h5-8,13H,1-4H3/t8-,13+/m0/s1. The summed E-state index contributed by atoms with van der Waals surface area (Å²) in [4.78, 5) is 5.40. The largest absolute Gasteiger partial charge is 0.382 e. The van der Waals surface area contributed by atoms with E-state index in [9.17, 15) is 0 Å². The highest BCUT2D eigenvalue weighted by Gasteiger charge is 2.36. The molecule has 0 bridgehead atoms. The van der Waals surface area contributed by atoms with Crippen molar-refractivity contribution in [2.75, 3.05) is 0 Å². The summed E-state index contributed by atoms with van der Waals surface area (Å²) in [5.41, 5.74) is 1.49. The van der Waals surface area contributed by atoms with E-state index in [1.54, 1.807) is 12.1 Å². The number of oxime groups is 1. The molecule has 0 saturated heterocycles. The Morgan fingerprint density at radius 2 is 1.79 bits per heavy atom. The molecule has 0 unspecified atom stereocenters. The molecule has 0 aromatic heterocycles. The number of hydrogen-bond acceptors (Lipinski definition) is 3. The maximum Gasteiger partial charge on any atom is 0.226 e. The molecule has 0 saturated carbocycles. The van der Waals surface area contributed by atoms with Crippen LogP contribution in [0.1, 0.15) is 12.5 Å². The lowest BCUT2D eigenvalue weighted by atomic mass is 9.98. The monoisotopic (exact) mass is 317 g/mol. The summed E-state index contributed by atoms with van der Waals surface area (Å²) in [6, 6.07) is 5.40. The smallest absolute Gasteiger partial charge is 0.226 e. The van der Waals surface area contributed by atoms with Gasteiger partial charge < -0.3 is 9.26 Å². The van der Waals surface area contributed by atoms with Gasteiger partial charge in [0.1, 0.15) is 0 Å². The van der Waals surface area contributed by atoms with Crippen LogP contribution in [0, 0.1) is 5.92 Å². The van der Waals surface area contributed by atoms with Gasteiger partial charge in [-0.25, -0.2) is 0 Å². The van der Waals surface area contributed by atoms with Crippen LogP contribution in [0.3, 0.4) is 0 Å². The SMILES string of the molecule is C[C@H]1C(c2c(Cl)cccc2Cl)=NO[C@@H]1O[Si](C)(C)C. The van der Waals surface area contributed by atoms with Crippen LogP contribution >= 0.6 is 23.2 Å². The summed E-state index contributed by atoms with van der Waals surface area (Å²) < 4.78 is 5.96. The van der Waals surface area contributed by atoms with Crippen LogP contribution in [-0.2, 0) is 9.26 Å². The van der Waals surface area contributed by atoms with Crippen LogP contribution in [-0.4, -0.2) is 20.3 Å². The van der Waals surface area contributed by atoms with Crippen LogP contribution in [0.5, 0.6) is 0 Å². The fraction of sp³-hybridized carbons (Fsp3) is 0.462. The van der Waals surface area contributed by atoms with Gasteiger partial charge >= 0.3 is 0 Å². The first kappa shape index (κ1) is 14.8. The summed E-state index contributed by atoms with van der Waals surface area (Å²) in [7, 11) is -1.69. The zero-order valence-corrected chi connectivity index (χ0v) is 13.9.